The van der Waals surface area contributed by atoms with E-state index in [0.717, 1.165) is 32.7 Å². The largest absolute Gasteiger partial charge is 0.292 e. The number of hydrogen-bond donors (Lipinski definition) is 0. The van der Waals surface area contributed by atoms with Crippen molar-refractivity contribution in [3.05, 3.63) is 70.2 Å². The van der Waals surface area contributed by atoms with Crippen molar-refractivity contribution in [3.63, 3.8) is 0 Å². The Morgan fingerprint density at radius 1 is 1.00 bits per heavy atom. The van der Waals surface area contributed by atoms with Gasteiger partial charge in [-0.3, -0.25) is 4.79 Å². The lowest BCUT2D eigenvalue weighted by Gasteiger charge is -2.21. The van der Waals surface area contributed by atoms with E-state index in [2.05, 4.69) is 15.9 Å². The van der Waals surface area contributed by atoms with Gasteiger partial charge >= 0.3 is 0 Å². The summed E-state index contributed by atoms with van der Waals surface area (Å²) in [6.45, 7) is 0. The molecule has 118 valence electrons. The normalized spacial score (nSPS) is 16.3. The molecule has 2 aromatic carbocycles. The lowest BCUT2D eigenvalue weighted by atomic mass is 9.99. The first-order valence-electron chi connectivity index (χ1n) is 7.54. The average molecular weight is 405 g/mol. The van der Waals surface area contributed by atoms with Gasteiger partial charge in [0, 0.05) is 10.0 Å². The van der Waals surface area contributed by atoms with Crippen LogP contribution in [0.2, 0.25) is 0 Å². The van der Waals surface area contributed by atoms with E-state index in [0.29, 0.717) is 0 Å². The Kier molecular flexibility index (Phi) is 6.03. The quantitative estimate of drug-likeness (QED) is 0.476. The molecule has 1 saturated heterocycles. The molecule has 0 aliphatic carbocycles. The van der Waals surface area contributed by atoms with Crippen LogP contribution in [0.25, 0.3) is 11.6 Å². The maximum atomic E-state index is 13.1. The summed E-state index contributed by atoms with van der Waals surface area (Å²) in [5.74, 6) is 2.38. The standard InChI is InChI=1S/C19H17BrOS2/c20-16-9-7-14(8-10-16)13-17(15-5-2-1-3-6-15)18(21)19-22-11-4-12-23-19/h1-3,5-10,13,19H,4,11-12H2/b17-13+. The van der Waals surface area contributed by atoms with Crippen molar-refractivity contribution >= 4 is 56.9 Å². The molecule has 0 amide bonds. The van der Waals surface area contributed by atoms with Gasteiger partial charge in [-0.15, -0.1) is 23.5 Å². The van der Waals surface area contributed by atoms with Crippen molar-refractivity contribution in [3.8, 4) is 0 Å². The van der Waals surface area contributed by atoms with E-state index >= 15 is 0 Å². The molecule has 23 heavy (non-hydrogen) atoms. The fourth-order valence-electron chi connectivity index (χ4n) is 2.41. The van der Waals surface area contributed by atoms with Crippen molar-refractivity contribution < 1.29 is 4.79 Å². The maximum absolute atomic E-state index is 13.1. The van der Waals surface area contributed by atoms with E-state index in [-0.39, 0.29) is 10.4 Å². The monoisotopic (exact) mass is 404 g/mol. The van der Waals surface area contributed by atoms with Gasteiger partial charge in [-0.2, -0.15) is 0 Å². The molecule has 1 fully saturated rings. The van der Waals surface area contributed by atoms with Crippen LogP contribution in [0.1, 0.15) is 17.5 Å². The molecule has 1 aliphatic heterocycles. The van der Waals surface area contributed by atoms with Crippen LogP contribution in [-0.4, -0.2) is 21.9 Å². The number of hydrogen-bond acceptors (Lipinski definition) is 3. The van der Waals surface area contributed by atoms with E-state index < -0.39 is 0 Å². The van der Waals surface area contributed by atoms with E-state index in [9.17, 15) is 4.79 Å². The van der Waals surface area contributed by atoms with Crippen molar-refractivity contribution in [2.75, 3.05) is 11.5 Å². The summed E-state index contributed by atoms with van der Waals surface area (Å²) < 4.78 is 1.06. The number of benzene rings is 2. The topological polar surface area (TPSA) is 17.1 Å². The molecular formula is C19H17BrOS2. The molecule has 0 aromatic heterocycles. The number of ketones is 1. The molecule has 1 aliphatic rings. The number of carbonyl (C=O) groups is 1. The van der Waals surface area contributed by atoms with Gasteiger partial charge in [-0.1, -0.05) is 58.4 Å². The van der Waals surface area contributed by atoms with E-state index in [1.165, 1.54) is 6.42 Å². The summed E-state index contributed by atoms with van der Waals surface area (Å²) in [6.07, 6.45) is 3.20. The first-order chi connectivity index (χ1) is 11.2. The van der Waals surface area contributed by atoms with Gasteiger partial charge in [0.15, 0.2) is 5.78 Å². The molecule has 0 atom stereocenters. The van der Waals surface area contributed by atoms with Gasteiger partial charge in [-0.25, -0.2) is 0 Å². The Balaban J connectivity index is 1.96. The molecule has 0 radical (unpaired) electrons. The summed E-state index contributed by atoms with van der Waals surface area (Å²) in [4.78, 5) is 13.1. The minimum atomic E-state index is 0.0191. The van der Waals surface area contributed by atoms with Gasteiger partial charge in [0.25, 0.3) is 0 Å². The zero-order valence-electron chi connectivity index (χ0n) is 12.6. The summed E-state index contributed by atoms with van der Waals surface area (Å²) in [6, 6.07) is 18.0. The minimum absolute atomic E-state index is 0.0191. The molecule has 0 unspecified atom stereocenters. The summed E-state index contributed by atoms with van der Waals surface area (Å²) in [7, 11) is 0. The molecule has 1 nitrogen and oxygen atoms in total. The van der Waals surface area contributed by atoms with Crippen molar-refractivity contribution in [1.29, 1.82) is 0 Å². The number of Topliss-reactive ketones (excluding diaryl/α,β-unsaturated/α-hetero) is 1. The highest BCUT2D eigenvalue weighted by Gasteiger charge is 2.26. The first kappa shape index (κ1) is 16.9. The number of rotatable bonds is 4. The van der Waals surface area contributed by atoms with Gasteiger partial charge in [0.05, 0.1) is 0 Å². The number of thioether (sulfide) groups is 2. The Labute approximate surface area is 154 Å². The lowest BCUT2D eigenvalue weighted by molar-refractivity contribution is -0.112. The minimum Gasteiger partial charge on any atom is -0.292 e. The maximum Gasteiger partial charge on any atom is 0.186 e. The van der Waals surface area contributed by atoms with E-state index in [1.54, 1.807) is 23.5 Å². The van der Waals surface area contributed by atoms with Gasteiger partial charge in [0.1, 0.15) is 4.58 Å². The second-order valence-electron chi connectivity index (χ2n) is 5.27. The Morgan fingerprint density at radius 3 is 2.30 bits per heavy atom. The number of carbonyl (C=O) groups excluding carboxylic acids is 1. The molecule has 3 rings (SSSR count). The lowest BCUT2D eigenvalue weighted by Crippen LogP contribution is -2.19. The van der Waals surface area contributed by atoms with Crippen molar-refractivity contribution in [1.82, 2.24) is 0 Å². The predicted molar refractivity (Wildman–Crippen MR) is 107 cm³/mol. The fourth-order valence-corrected chi connectivity index (χ4v) is 5.42. The van der Waals surface area contributed by atoms with E-state index in [1.807, 2.05) is 60.7 Å². The average Bonchev–Trinajstić information content (AvgIpc) is 2.62. The smallest absolute Gasteiger partial charge is 0.186 e. The highest BCUT2D eigenvalue weighted by atomic mass is 79.9. The summed E-state index contributed by atoms with van der Waals surface area (Å²) in [5, 5.41) is 0. The molecule has 0 bridgehead atoms. The Morgan fingerprint density at radius 2 is 1.65 bits per heavy atom. The van der Waals surface area contributed by atoms with Crippen molar-refractivity contribution in [2.24, 2.45) is 0 Å². The third kappa shape index (κ3) is 4.52. The van der Waals surface area contributed by atoms with Crippen LogP contribution in [0, 0.1) is 0 Å². The van der Waals surface area contributed by atoms with Crippen LogP contribution >= 0.6 is 39.5 Å². The highest BCUT2D eigenvalue weighted by Crippen LogP contribution is 2.35. The molecule has 4 heteroatoms. The second-order valence-corrected chi connectivity index (χ2v) is 8.91. The first-order valence-corrected chi connectivity index (χ1v) is 10.4. The molecule has 0 saturated carbocycles. The third-order valence-electron chi connectivity index (χ3n) is 3.57. The van der Waals surface area contributed by atoms with Crippen LogP contribution in [0.3, 0.4) is 0 Å². The zero-order chi connectivity index (χ0) is 16.1. The van der Waals surface area contributed by atoms with Gasteiger partial charge < -0.3 is 0 Å². The van der Waals surface area contributed by atoms with Crippen LogP contribution in [0.4, 0.5) is 0 Å². The Bertz CT molecular complexity index is 689. The van der Waals surface area contributed by atoms with Crippen molar-refractivity contribution in [2.45, 2.75) is 11.0 Å². The van der Waals surface area contributed by atoms with Crippen LogP contribution in [0.5, 0.6) is 0 Å². The number of allylic oxidation sites excluding steroid dienone is 1. The van der Waals surface area contributed by atoms with Crippen LogP contribution in [0.15, 0.2) is 59.1 Å². The highest BCUT2D eigenvalue weighted by molar-refractivity contribution is 9.10. The molecule has 0 N–H and O–H groups in total. The molecule has 2 aromatic rings. The van der Waals surface area contributed by atoms with Gasteiger partial charge in [-0.05, 0) is 47.3 Å². The fraction of sp³-hybridized carbons (Fsp3) is 0.211. The third-order valence-corrected chi connectivity index (χ3v) is 7.00. The van der Waals surface area contributed by atoms with Gasteiger partial charge in [0.2, 0.25) is 0 Å². The number of halogens is 1. The Hall–Kier alpha value is -0.970. The molecule has 1 heterocycles. The SMILES string of the molecule is O=C(/C(=C/c1ccc(Br)cc1)c1ccccc1)C1SCCCS1. The second kappa shape index (κ2) is 8.22. The van der Waals surface area contributed by atoms with E-state index in [4.69, 9.17) is 0 Å². The summed E-state index contributed by atoms with van der Waals surface area (Å²) >= 11 is 7.00. The molecule has 0 spiro atoms. The molecular weight excluding hydrogens is 388 g/mol. The predicted octanol–water partition coefficient (Wildman–Crippen LogP) is 5.76. The summed E-state index contributed by atoms with van der Waals surface area (Å²) in [5.41, 5.74) is 2.85. The van der Waals surface area contributed by atoms with Crippen LogP contribution in [-0.2, 0) is 4.79 Å². The van der Waals surface area contributed by atoms with Crippen LogP contribution < -0.4 is 0 Å². The zero-order valence-corrected chi connectivity index (χ0v) is 15.8.